The number of carbonyl (C=O) groups is 2. The lowest BCUT2D eigenvalue weighted by molar-refractivity contribution is -0.141. The summed E-state index contributed by atoms with van der Waals surface area (Å²) < 4.78 is 0.913. The molecule has 0 bridgehead atoms. The van der Waals surface area contributed by atoms with Crippen LogP contribution in [0.25, 0.3) is 0 Å². The van der Waals surface area contributed by atoms with Crippen molar-refractivity contribution in [1.29, 1.82) is 0 Å². The van der Waals surface area contributed by atoms with E-state index >= 15 is 0 Å². The number of amides is 2. The van der Waals surface area contributed by atoms with Crippen molar-refractivity contribution in [2.75, 3.05) is 0 Å². The van der Waals surface area contributed by atoms with Gasteiger partial charge in [-0.2, -0.15) is 0 Å². The SMILES string of the molecule is O=C(NC1CCCC1)C(Cc1ccccc1)N(Cc1cccc(Br)c1)C(=O)Cc1c(Cl)cccc1Cl. The first-order valence-electron chi connectivity index (χ1n) is 12.2. The van der Waals surface area contributed by atoms with E-state index in [1.807, 2.05) is 54.6 Å². The number of hydrogen-bond acceptors (Lipinski definition) is 2. The first-order valence-corrected chi connectivity index (χ1v) is 13.8. The summed E-state index contributed by atoms with van der Waals surface area (Å²) in [5, 5.41) is 4.10. The van der Waals surface area contributed by atoms with Crippen molar-refractivity contribution in [3.63, 3.8) is 0 Å². The average Bonchev–Trinajstić information content (AvgIpc) is 3.37. The fraction of sp³-hybridized carbons (Fsp3) is 0.310. The number of hydrogen-bond donors (Lipinski definition) is 1. The lowest BCUT2D eigenvalue weighted by Gasteiger charge is -2.32. The maximum absolute atomic E-state index is 13.9. The van der Waals surface area contributed by atoms with Gasteiger partial charge in [-0.25, -0.2) is 0 Å². The lowest BCUT2D eigenvalue weighted by Crippen LogP contribution is -2.52. The quantitative estimate of drug-likeness (QED) is 0.293. The Morgan fingerprint density at radius 1 is 0.917 bits per heavy atom. The second-order valence-electron chi connectivity index (χ2n) is 9.22. The van der Waals surface area contributed by atoms with Crippen LogP contribution in [0.15, 0.2) is 77.3 Å². The molecule has 3 aromatic carbocycles. The highest BCUT2D eigenvalue weighted by Gasteiger charge is 2.32. The zero-order valence-corrected chi connectivity index (χ0v) is 23.0. The summed E-state index contributed by atoms with van der Waals surface area (Å²) >= 11 is 16.3. The molecule has 0 heterocycles. The molecule has 0 aliphatic heterocycles. The van der Waals surface area contributed by atoms with Crippen LogP contribution in [-0.4, -0.2) is 28.8 Å². The number of nitrogens with zero attached hydrogens (tertiary/aromatic N) is 1. The first kappa shape index (κ1) is 26.7. The molecule has 1 aliphatic rings. The van der Waals surface area contributed by atoms with Crippen LogP contribution in [-0.2, 0) is 29.0 Å². The van der Waals surface area contributed by atoms with Crippen LogP contribution in [0.3, 0.4) is 0 Å². The fourth-order valence-corrected chi connectivity index (χ4v) is 5.69. The summed E-state index contributed by atoms with van der Waals surface area (Å²) in [7, 11) is 0. The summed E-state index contributed by atoms with van der Waals surface area (Å²) in [6, 6.07) is 22.3. The number of nitrogens with one attached hydrogen (secondary N) is 1. The van der Waals surface area contributed by atoms with Crippen LogP contribution in [0, 0.1) is 0 Å². The van der Waals surface area contributed by atoms with E-state index in [2.05, 4.69) is 21.2 Å². The zero-order chi connectivity index (χ0) is 25.5. The molecule has 1 fully saturated rings. The van der Waals surface area contributed by atoms with E-state index in [9.17, 15) is 9.59 Å². The Hall–Kier alpha value is -2.34. The van der Waals surface area contributed by atoms with Crippen molar-refractivity contribution < 1.29 is 9.59 Å². The summed E-state index contributed by atoms with van der Waals surface area (Å²) in [5.74, 6) is -0.327. The molecule has 0 saturated heterocycles. The predicted molar refractivity (Wildman–Crippen MR) is 149 cm³/mol. The molecule has 1 unspecified atom stereocenters. The van der Waals surface area contributed by atoms with Crippen LogP contribution >= 0.6 is 39.1 Å². The minimum atomic E-state index is -0.680. The molecule has 4 nitrogen and oxygen atoms in total. The van der Waals surface area contributed by atoms with Crippen molar-refractivity contribution in [3.05, 3.63) is 104 Å². The highest BCUT2D eigenvalue weighted by atomic mass is 79.9. The van der Waals surface area contributed by atoms with E-state index in [0.29, 0.717) is 22.0 Å². The maximum Gasteiger partial charge on any atom is 0.243 e. The third-order valence-electron chi connectivity index (χ3n) is 6.60. The Labute approximate surface area is 231 Å². The molecule has 188 valence electrons. The molecular weight excluding hydrogens is 559 g/mol. The Morgan fingerprint density at radius 3 is 2.22 bits per heavy atom. The van der Waals surface area contributed by atoms with E-state index in [-0.39, 0.29) is 30.8 Å². The normalized spacial score (nSPS) is 14.4. The van der Waals surface area contributed by atoms with Crippen LogP contribution in [0.1, 0.15) is 42.4 Å². The average molecular weight is 588 g/mol. The molecule has 7 heteroatoms. The minimum absolute atomic E-state index is 0.00844. The maximum atomic E-state index is 13.9. The molecule has 0 aromatic heterocycles. The summed E-state index contributed by atoms with van der Waals surface area (Å²) in [6.07, 6.45) is 4.58. The van der Waals surface area contributed by atoms with Crippen molar-refractivity contribution in [2.45, 2.75) is 57.2 Å². The van der Waals surface area contributed by atoms with Crippen LogP contribution in [0.5, 0.6) is 0 Å². The standard InChI is InChI=1S/C29H29BrCl2N2O2/c30-22-11-6-10-21(16-22)19-34(28(35)18-24-25(31)14-7-15-26(24)32)27(17-20-8-2-1-3-9-20)29(36)33-23-12-4-5-13-23/h1-3,6-11,14-16,23,27H,4-5,12-13,17-19H2,(H,33,36). The molecular formula is C29H29BrCl2N2O2. The van der Waals surface area contributed by atoms with Gasteiger partial charge in [0.25, 0.3) is 0 Å². The molecule has 2 amide bonds. The van der Waals surface area contributed by atoms with Gasteiger partial charge in [-0.05, 0) is 53.8 Å². The number of rotatable bonds is 9. The fourth-order valence-electron chi connectivity index (χ4n) is 4.71. The van der Waals surface area contributed by atoms with Gasteiger partial charge < -0.3 is 10.2 Å². The predicted octanol–water partition coefficient (Wildman–Crippen LogP) is 7.00. The van der Waals surface area contributed by atoms with E-state index in [0.717, 1.165) is 41.3 Å². The van der Waals surface area contributed by atoms with Crippen molar-refractivity contribution in [2.24, 2.45) is 0 Å². The molecule has 1 saturated carbocycles. The molecule has 1 atom stereocenters. The molecule has 1 aliphatic carbocycles. The molecule has 3 aromatic rings. The minimum Gasteiger partial charge on any atom is -0.352 e. The zero-order valence-electron chi connectivity index (χ0n) is 19.9. The monoisotopic (exact) mass is 586 g/mol. The second-order valence-corrected chi connectivity index (χ2v) is 11.0. The van der Waals surface area contributed by atoms with Gasteiger partial charge >= 0.3 is 0 Å². The van der Waals surface area contributed by atoms with Gasteiger partial charge in [0, 0.05) is 33.5 Å². The van der Waals surface area contributed by atoms with Crippen molar-refractivity contribution >= 4 is 50.9 Å². The van der Waals surface area contributed by atoms with Gasteiger partial charge in [0.1, 0.15) is 6.04 Å². The van der Waals surface area contributed by atoms with Gasteiger partial charge in [0.15, 0.2) is 0 Å². The van der Waals surface area contributed by atoms with Gasteiger partial charge in [0.05, 0.1) is 6.42 Å². The Bertz CT molecular complexity index is 1180. The number of halogens is 3. The molecule has 1 N–H and O–H groups in total. The molecule has 4 rings (SSSR count). The number of carbonyl (C=O) groups excluding carboxylic acids is 2. The molecule has 0 radical (unpaired) electrons. The van der Waals surface area contributed by atoms with Gasteiger partial charge in [-0.3, -0.25) is 9.59 Å². The van der Waals surface area contributed by atoms with Gasteiger partial charge in [-0.15, -0.1) is 0 Å². The number of benzene rings is 3. The van der Waals surface area contributed by atoms with Gasteiger partial charge in [-0.1, -0.05) is 101 Å². The summed E-state index contributed by atoms with van der Waals surface area (Å²) in [5.41, 5.74) is 2.49. The van der Waals surface area contributed by atoms with E-state index in [1.54, 1.807) is 23.1 Å². The third-order valence-corrected chi connectivity index (χ3v) is 7.81. The second kappa shape index (κ2) is 12.8. The first-order chi connectivity index (χ1) is 17.4. The van der Waals surface area contributed by atoms with E-state index < -0.39 is 6.04 Å². The molecule has 36 heavy (non-hydrogen) atoms. The molecule has 0 spiro atoms. The Balaban J connectivity index is 1.69. The van der Waals surface area contributed by atoms with Crippen molar-refractivity contribution in [3.8, 4) is 0 Å². The van der Waals surface area contributed by atoms with E-state index in [1.165, 1.54) is 0 Å². The van der Waals surface area contributed by atoms with Crippen LogP contribution in [0.4, 0.5) is 0 Å². The lowest BCUT2D eigenvalue weighted by atomic mass is 10.0. The Kier molecular flexibility index (Phi) is 9.47. The topological polar surface area (TPSA) is 49.4 Å². The van der Waals surface area contributed by atoms with Crippen molar-refractivity contribution in [1.82, 2.24) is 10.2 Å². The van der Waals surface area contributed by atoms with Gasteiger partial charge in [0.2, 0.25) is 11.8 Å². The third kappa shape index (κ3) is 7.12. The highest BCUT2D eigenvalue weighted by Crippen LogP contribution is 2.27. The summed E-state index contributed by atoms with van der Waals surface area (Å²) in [4.78, 5) is 29.3. The summed E-state index contributed by atoms with van der Waals surface area (Å²) in [6.45, 7) is 0.288. The highest BCUT2D eigenvalue weighted by molar-refractivity contribution is 9.10. The van der Waals surface area contributed by atoms with Crippen LogP contribution in [0.2, 0.25) is 10.0 Å². The van der Waals surface area contributed by atoms with E-state index in [4.69, 9.17) is 23.2 Å². The van der Waals surface area contributed by atoms with Crippen LogP contribution < -0.4 is 5.32 Å². The Morgan fingerprint density at radius 2 is 1.56 bits per heavy atom. The smallest absolute Gasteiger partial charge is 0.243 e. The largest absolute Gasteiger partial charge is 0.352 e.